The molecule has 0 atom stereocenters. The number of hydrogen-bond donors (Lipinski definition) is 3. The lowest BCUT2D eigenvalue weighted by Crippen LogP contribution is -2.35. The monoisotopic (exact) mass is 370 g/mol. The van der Waals surface area contributed by atoms with Crippen molar-refractivity contribution in [3.63, 3.8) is 0 Å². The molecule has 26 heavy (non-hydrogen) atoms. The van der Waals surface area contributed by atoms with Crippen LogP contribution < -0.4 is 16.4 Å². The van der Waals surface area contributed by atoms with Crippen LogP contribution in [0.2, 0.25) is 5.02 Å². The molecule has 1 aliphatic heterocycles. The second-order valence-electron chi connectivity index (χ2n) is 6.62. The molecule has 0 unspecified atom stereocenters. The Balaban J connectivity index is 1.86. The summed E-state index contributed by atoms with van der Waals surface area (Å²) in [6.07, 6.45) is 3.79. The fourth-order valence-electron chi connectivity index (χ4n) is 3.50. The van der Waals surface area contributed by atoms with Gasteiger partial charge in [0, 0.05) is 34.3 Å². The molecule has 3 aromatic rings. The molecule has 4 rings (SSSR count). The van der Waals surface area contributed by atoms with Crippen molar-refractivity contribution in [3.8, 4) is 11.1 Å². The van der Waals surface area contributed by atoms with Crippen LogP contribution in [-0.4, -0.2) is 24.1 Å². The van der Waals surface area contributed by atoms with Gasteiger partial charge in [0.1, 0.15) is 11.6 Å². The third-order valence-electron chi connectivity index (χ3n) is 4.81. The Morgan fingerprint density at radius 1 is 1.19 bits per heavy atom. The van der Waals surface area contributed by atoms with E-state index in [-0.39, 0.29) is 5.82 Å². The summed E-state index contributed by atoms with van der Waals surface area (Å²) in [5, 5.41) is 9.24. The van der Waals surface area contributed by atoms with E-state index in [4.69, 9.17) is 17.3 Å². The van der Waals surface area contributed by atoms with Crippen LogP contribution in [0.3, 0.4) is 0 Å². The molecule has 1 aromatic heterocycles. The van der Waals surface area contributed by atoms with Crippen molar-refractivity contribution >= 4 is 33.9 Å². The van der Waals surface area contributed by atoms with Gasteiger partial charge in [-0.05, 0) is 61.8 Å². The first-order chi connectivity index (χ1) is 12.6. The van der Waals surface area contributed by atoms with E-state index in [2.05, 4.69) is 15.6 Å². The molecule has 0 bridgehead atoms. The number of halogens is 2. The van der Waals surface area contributed by atoms with Crippen molar-refractivity contribution in [2.24, 2.45) is 0 Å². The minimum atomic E-state index is -0.340. The Bertz CT molecular complexity index is 934. The highest BCUT2D eigenvalue weighted by Crippen LogP contribution is 2.36. The van der Waals surface area contributed by atoms with E-state index in [9.17, 15) is 4.39 Å². The molecule has 1 fully saturated rings. The summed E-state index contributed by atoms with van der Waals surface area (Å²) < 4.78 is 14.4. The maximum absolute atomic E-state index is 14.4. The van der Waals surface area contributed by atoms with Crippen LogP contribution in [0.15, 0.2) is 42.6 Å². The number of pyridine rings is 1. The van der Waals surface area contributed by atoms with Crippen LogP contribution in [0.4, 0.5) is 15.9 Å². The van der Waals surface area contributed by atoms with Gasteiger partial charge in [0.2, 0.25) is 0 Å². The van der Waals surface area contributed by atoms with E-state index < -0.39 is 0 Å². The minimum absolute atomic E-state index is 0.340. The van der Waals surface area contributed by atoms with Crippen molar-refractivity contribution in [3.05, 3.63) is 53.4 Å². The van der Waals surface area contributed by atoms with E-state index in [1.807, 2.05) is 18.2 Å². The van der Waals surface area contributed by atoms with Gasteiger partial charge < -0.3 is 16.4 Å². The Morgan fingerprint density at radius 2 is 2.00 bits per heavy atom. The molecule has 0 spiro atoms. The topological polar surface area (TPSA) is 63.0 Å². The molecule has 134 valence electrons. The second kappa shape index (κ2) is 7.09. The summed E-state index contributed by atoms with van der Waals surface area (Å²) in [5.74, 6) is 0.121. The van der Waals surface area contributed by atoms with Crippen molar-refractivity contribution in [1.29, 1.82) is 0 Å². The van der Waals surface area contributed by atoms with E-state index >= 15 is 0 Å². The summed E-state index contributed by atoms with van der Waals surface area (Å²) in [4.78, 5) is 4.19. The molecule has 0 aliphatic carbocycles. The van der Waals surface area contributed by atoms with Gasteiger partial charge in [-0.25, -0.2) is 9.37 Å². The highest BCUT2D eigenvalue weighted by Gasteiger charge is 2.17. The number of piperidine rings is 1. The normalized spacial score (nSPS) is 15.3. The summed E-state index contributed by atoms with van der Waals surface area (Å²) >= 11 is 6.28. The predicted octanol–water partition coefficient (Wildman–Crippen LogP) is 4.44. The van der Waals surface area contributed by atoms with Gasteiger partial charge in [-0.3, -0.25) is 0 Å². The first-order valence-corrected chi connectivity index (χ1v) is 9.10. The van der Waals surface area contributed by atoms with Crippen LogP contribution in [0, 0.1) is 5.82 Å². The van der Waals surface area contributed by atoms with Gasteiger partial charge in [-0.1, -0.05) is 17.7 Å². The average molecular weight is 371 g/mol. The summed E-state index contributed by atoms with van der Waals surface area (Å²) in [5.41, 5.74) is 7.95. The highest BCUT2D eigenvalue weighted by molar-refractivity contribution is 6.33. The molecule has 1 aliphatic rings. The van der Waals surface area contributed by atoms with Gasteiger partial charge in [0.25, 0.3) is 0 Å². The summed E-state index contributed by atoms with van der Waals surface area (Å²) in [7, 11) is 0. The van der Waals surface area contributed by atoms with Crippen LogP contribution >= 0.6 is 11.6 Å². The zero-order valence-corrected chi connectivity index (χ0v) is 15.0. The molecule has 1 saturated heterocycles. The number of benzene rings is 2. The first kappa shape index (κ1) is 17.1. The molecule has 6 heteroatoms. The number of nitrogens with two attached hydrogens (primary N) is 1. The van der Waals surface area contributed by atoms with Crippen molar-refractivity contribution in [2.75, 3.05) is 24.1 Å². The Hall–Kier alpha value is -2.37. The standard InChI is InChI=1S/C20H20ClFN4/c21-16-2-1-3-17(22)20(16)12-8-13-11-25-19(23)10-15(13)18(9-12)26-14-4-6-24-7-5-14/h1-3,8-11,14,24,26H,4-7H2,(H2,23,25). The lowest BCUT2D eigenvalue weighted by molar-refractivity contribution is 0.479. The average Bonchev–Trinajstić information content (AvgIpc) is 2.63. The maximum atomic E-state index is 14.4. The number of nitrogens with one attached hydrogen (secondary N) is 2. The minimum Gasteiger partial charge on any atom is -0.384 e. The van der Waals surface area contributed by atoms with Crippen LogP contribution in [0.25, 0.3) is 21.9 Å². The van der Waals surface area contributed by atoms with Crippen molar-refractivity contribution < 1.29 is 4.39 Å². The third-order valence-corrected chi connectivity index (χ3v) is 5.12. The van der Waals surface area contributed by atoms with Crippen LogP contribution in [0.1, 0.15) is 12.8 Å². The van der Waals surface area contributed by atoms with Crippen molar-refractivity contribution in [1.82, 2.24) is 10.3 Å². The van der Waals surface area contributed by atoms with E-state index in [1.54, 1.807) is 18.3 Å². The predicted molar refractivity (Wildman–Crippen MR) is 106 cm³/mol. The Labute approximate surface area is 156 Å². The molecule has 0 amide bonds. The van der Waals surface area contributed by atoms with Gasteiger partial charge in [-0.15, -0.1) is 0 Å². The molecular formula is C20H20ClFN4. The number of fused-ring (bicyclic) bond motifs is 1. The second-order valence-corrected chi connectivity index (χ2v) is 7.03. The molecule has 2 heterocycles. The SMILES string of the molecule is Nc1cc2c(NC3CCNCC3)cc(-c3c(F)cccc3Cl)cc2cn1. The molecule has 0 radical (unpaired) electrons. The third kappa shape index (κ3) is 3.32. The van der Waals surface area contributed by atoms with E-state index in [0.29, 0.717) is 22.4 Å². The summed E-state index contributed by atoms with van der Waals surface area (Å²) in [6, 6.07) is 10.8. The lowest BCUT2D eigenvalue weighted by Gasteiger charge is -2.26. The highest BCUT2D eigenvalue weighted by atomic mass is 35.5. The number of aromatic nitrogens is 1. The number of nitrogens with zero attached hydrogens (tertiary/aromatic N) is 1. The Kier molecular flexibility index (Phi) is 4.66. The molecule has 2 aromatic carbocycles. The quantitative estimate of drug-likeness (QED) is 0.637. The largest absolute Gasteiger partial charge is 0.384 e. The number of nitrogen functional groups attached to an aromatic ring is 1. The summed E-state index contributed by atoms with van der Waals surface area (Å²) in [6.45, 7) is 1.97. The lowest BCUT2D eigenvalue weighted by atomic mass is 9.98. The number of rotatable bonds is 3. The van der Waals surface area contributed by atoms with Gasteiger partial charge >= 0.3 is 0 Å². The number of hydrogen-bond acceptors (Lipinski definition) is 4. The fraction of sp³-hybridized carbons (Fsp3) is 0.250. The molecule has 4 N–H and O–H groups in total. The van der Waals surface area contributed by atoms with Gasteiger partial charge in [0.05, 0.1) is 5.02 Å². The van der Waals surface area contributed by atoms with Crippen LogP contribution in [0.5, 0.6) is 0 Å². The first-order valence-electron chi connectivity index (χ1n) is 8.73. The Morgan fingerprint density at radius 3 is 2.77 bits per heavy atom. The molecular weight excluding hydrogens is 351 g/mol. The number of anilines is 2. The fourth-order valence-corrected chi connectivity index (χ4v) is 3.77. The molecule has 0 saturated carbocycles. The zero-order chi connectivity index (χ0) is 18.1. The van der Waals surface area contributed by atoms with Crippen molar-refractivity contribution in [2.45, 2.75) is 18.9 Å². The van der Waals surface area contributed by atoms with Gasteiger partial charge in [-0.2, -0.15) is 0 Å². The zero-order valence-electron chi connectivity index (χ0n) is 14.2. The van der Waals surface area contributed by atoms with Gasteiger partial charge in [0.15, 0.2) is 0 Å². The molecule has 4 nitrogen and oxygen atoms in total. The van der Waals surface area contributed by atoms with Crippen LogP contribution in [-0.2, 0) is 0 Å². The maximum Gasteiger partial charge on any atom is 0.132 e. The smallest absolute Gasteiger partial charge is 0.132 e. The van der Waals surface area contributed by atoms with E-state index in [0.717, 1.165) is 48.0 Å². The van der Waals surface area contributed by atoms with E-state index in [1.165, 1.54) is 6.07 Å².